The Hall–Kier alpha value is -2.54. The van der Waals surface area contributed by atoms with Crippen LogP contribution in [0.25, 0.3) is 0 Å². The van der Waals surface area contributed by atoms with Gasteiger partial charge in [-0.2, -0.15) is 5.10 Å². The fraction of sp³-hybridized carbons (Fsp3) is 0.444. The quantitative estimate of drug-likeness (QED) is 0.635. The van der Waals surface area contributed by atoms with E-state index in [0.717, 1.165) is 17.7 Å². The fourth-order valence-corrected chi connectivity index (χ4v) is 2.50. The monoisotopic (exact) mass is 346 g/mol. The number of nitrogens with two attached hydrogens (primary N) is 1. The Morgan fingerprint density at radius 2 is 2.04 bits per heavy atom. The van der Waals surface area contributed by atoms with Crippen LogP contribution in [-0.4, -0.2) is 33.6 Å². The van der Waals surface area contributed by atoms with E-state index < -0.39 is 12.1 Å². The summed E-state index contributed by atoms with van der Waals surface area (Å²) in [6.45, 7) is 6.18. The zero-order chi connectivity index (χ0) is 18.4. The van der Waals surface area contributed by atoms with Gasteiger partial charge in [0.25, 0.3) is 0 Å². The van der Waals surface area contributed by atoms with Gasteiger partial charge >= 0.3 is 5.97 Å². The maximum Gasteiger partial charge on any atom is 0.345 e. The molecular formula is C18H26N4O3. The van der Waals surface area contributed by atoms with E-state index in [4.69, 9.17) is 10.5 Å². The van der Waals surface area contributed by atoms with Crippen LogP contribution in [0.2, 0.25) is 0 Å². The highest BCUT2D eigenvalue weighted by Crippen LogP contribution is 2.26. The van der Waals surface area contributed by atoms with Gasteiger partial charge in [0.15, 0.2) is 5.82 Å². The normalized spacial score (nSPS) is 12.0. The van der Waals surface area contributed by atoms with Gasteiger partial charge in [-0.1, -0.05) is 31.0 Å². The van der Waals surface area contributed by atoms with Crippen molar-refractivity contribution in [1.29, 1.82) is 0 Å². The summed E-state index contributed by atoms with van der Waals surface area (Å²) in [5.41, 5.74) is 8.21. The number of nitrogen functional groups attached to an aromatic ring is 1. The van der Waals surface area contributed by atoms with E-state index in [1.165, 1.54) is 4.68 Å². The average molecular weight is 346 g/mol. The van der Waals surface area contributed by atoms with Crippen LogP contribution >= 0.6 is 0 Å². The third-order valence-corrected chi connectivity index (χ3v) is 3.79. The summed E-state index contributed by atoms with van der Waals surface area (Å²) < 4.78 is 6.54. The van der Waals surface area contributed by atoms with Crippen LogP contribution in [0.1, 0.15) is 42.6 Å². The third-order valence-electron chi connectivity index (χ3n) is 3.79. The summed E-state index contributed by atoms with van der Waals surface area (Å²) in [5.74, 6) is -0.0300. The molecule has 1 unspecified atom stereocenters. The molecule has 0 aliphatic rings. The number of aryl methyl sites for hydroxylation is 1. The average Bonchev–Trinajstić information content (AvgIpc) is 2.85. The molecule has 0 amide bonds. The van der Waals surface area contributed by atoms with Gasteiger partial charge in [-0.05, 0) is 32.4 Å². The first-order chi connectivity index (χ1) is 12.0. The molecule has 136 valence electrons. The number of aromatic nitrogens is 2. The molecule has 0 radical (unpaired) electrons. The molecule has 7 heteroatoms. The summed E-state index contributed by atoms with van der Waals surface area (Å²) in [5, 5.41) is 17.5. The van der Waals surface area contributed by atoms with Crippen molar-refractivity contribution in [2.24, 2.45) is 0 Å². The highest BCUT2D eigenvalue weighted by atomic mass is 16.5. The van der Waals surface area contributed by atoms with Crippen LogP contribution in [0.4, 0.5) is 17.3 Å². The van der Waals surface area contributed by atoms with Crippen molar-refractivity contribution in [2.75, 3.05) is 17.7 Å². The maximum atomic E-state index is 12.3. The molecule has 7 nitrogen and oxygen atoms in total. The molecule has 0 bridgehead atoms. The van der Waals surface area contributed by atoms with Crippen molar-refractivity contribution < 1.29 is 14.6 Å². The number of ether oxygens (including phenoxy) is 1. The van der Waals surface area contributed by atoms with Gasteiger partial charge in [-0.3, -0.25) is 0 Å². The van der Waals surface area contributed by atoms with Crippen molar-refractivity contribution in [2.45, 2.75) is 46.3 Å². The minimum atomic E-state index is -0.575. The minimum absolute atomic E-state index is 0.184. The first-order valence-corrected chi connectivity index (χ1v) is 8.51. The number of nitrogens with one attached hydrogen (secondary N) is 1. The number of esters is 1. The van der Waals surface area contributed by atoms with E-state index in [9.17, 15) is 9.90 Å². The molecule has 0 aliphatic carbocycles. The lowest BCUT2D eigenvalue weighted by Gasteiger charge is -2.10. The number of aliphatic hydroxyl groups is 1. The highest BCUT2D eigenvalue weighted by Gasteiger charge is 2.24. The van der Waals surface area contributed by atoms with Gasteiger partial charge in [0, 0.05) is 5.69 Å². The first-order valence-electron chi connectivity index (χ1n) is 8.51. The number of aliphatic hydroxyl groups excluding tert-OH is 1. The Labute approximate surface area is 147 Å². The van der Waals surface area contributed by atoms with Crippen LogP contribution in [0.15, 0.2) is 24.3 Å². The summed E-state index contributed by atoms with van der Waals surface area (Å²) in [7, 11) is 0. The van der Waals surface area contributed by atoms with Crippen LogP contribution in [0.5, 0.6) is 0 Å². The summed E-state index contributed by atoms with van der Waals surface area (Å²) in [6, 6.07) is 7.70. The highest BCUT2D eigenvalue weighted by molar-refractivity contribution is 6.00. The van der Waals surface area contributed by atoms with Gasteiger partial charge < -0.3 is 20.9 Å². The second-order valence-corrected chi connectivity index (χ2v) is 5.94. The topological polar surface area (TPSA) is 102 Å². The smallest absolute Gasteiger partial charge is 0.345 e. The molecule has 0 fully saturated rings. The van der Waals surface area contributed by atoms with Gasteiger partial charge in [0.05, 0.1) is 19.3 Å². The van der Waals surface area contributed by atoms with Crippen molar-refractivity contribution in [3.8, 4) is 0 Å². The van der Waals surface area contributed by atoms with E-state index in [-0.39, 0.29) is 24.5 Å². The Bertz CT molecular complexity index is 710. The van der Waals surface area contributed by atoms with Gasteiger partial charge in [-0.25, -0.2) is 9.48 Å². The van der Waals surface area contributed by atoms with Crippen molar-refractivity contribution in [3.05, 3.63) is 35.4 Å². The lowest BCUT2D eigenvalue weighted by Crippen LogP contribution is -2.18. The summed E-state index contributed by atoms with van der Waals surface area (Å²) in [6.07, 6.45) is 0.908. The maximum absolute atomic E-state index is 12.3. The lowest BCUT2D eigenvalue weighted by molar-refractivity contribution is 0.0528. The molecule has 1 atom stereocenters. The zero-order valence-electron chi connectivity index (χ0n) is 15.0. The number of rotatable bonds is 8. The molecule has 2 aromatic rings. The fourth-order valence-electron chi connectivity index (χ4n) is 2.50. The second-order valence-electron chi connectivity index (χ2n) is 5.94. The molecule has 0 saturated heterocycles. The number of hydrogen-bond donors (Lipinski definition) is 3. The number of benzene rings is 1. The number of nitrogens with zero attached hydrogens (tertiary/aromatic N) is 2. The van der Waals surface area contributed by atoms with Crippen LogP contribution in [0, 0.1) is 6.92 Å². The molecule has 1 aromatic carbocycles. The standard InChI is InChI=1S/C18H26N4O3/c1-4-6-14(23)11-22-16(19)15(18(24)25-5-2)17(21-22)20-13-9-7-12(3)8-10-13/h7-10,14,23H,4-6,11,19H2,1-3H3,(H,20,21). The van der Waals surface area contributed by atoms with Gasteiger partial charge in [0.2, 0.25) is 0 Å². The number of carbonyl (C=O) groups is 1. The van der Waals surface area contributed by atoms with E-state index in [1.807, 2.05) is 38.1 Å². The molecule has 1 heterocycles. The molecule has 2 rings (SSSR count). The van der Waals surface area contributed by atoms with E-state index in [0.29, 0.717) is 12.2 Å². The minimum Gasteiger partial charge on any atom is -0.462 e. The Balaban J connectivity index is 2.34. The predicted octanol–water partition coefficient (Wildman–Crippen LogP) is 2.86. The third kappa shape index (κ3) is 4.73. The second kappa shape index (κ2) is 8.53. The molecular weight excluding hydrogens is 320 g/mol. The zero-order valence-corrected chi connectivity index (χ0v) is 15.0. The Morgan fingerprint density at radius 1 is 1.36 bits per heavy atom. The van der Waals surface area contributed by atoms with Crippen molar-refractivity contribution in [3.63, 3.8) is 0 Å². The van der Waals surface area contributed by atoms with Gasteiger partial charge in [-0.15, -0.1) is 0 Å². The van der Waals surface area contributed by atoms with Crippen LogP contribution in [-0.2, 0) is 11.3 Å². The molecule has 4 N–H and O–H groups in total. The summed E-state index contributed by atoms with van der Waals surface area (Å²) >= 11 is 0. The number of anilines is 3. The van der Waals surface area contributed by atoms with Crippen LogP contribution in [0.3, 0.4) is 0 Å². The molecule has 25 heavy (non-hydrogen) atoms. The molecule has 0 aliphatic heterocycles. The number of carbonyl (C=O) groups excluding carboxylic acids is 1. The first kappa shape index (κ1) is 18.8. The molecule has 0 spiro atoms. The largest absolute Gasteiger partial charge is 0.462 e. The van der Waals surface area contributed by atoms with E-state index >= 15 is 0 Å². The van der Waals surface area contributed by atoms with Crippen LogP contribution < -0.4 is 11.1 Å². The van der Waals surface area contributed by atoms with E-state index in [1.54, 1.807) is 6.92 Å². The number of hydrogen-bond acceptors (Lipinski definition) is 6. The van der Waals surface area contributed by atoms with Gasteiger partial charge in [0.1, 0.15) is 11.4 Å². The summed E-state index contributed by atoms with van der Waals surface area (Å²) in [4.78, 5) is 12.3. The SMILES string of the molecule is CCCC(O)Cn1nc(Nc2ccc(C)cc2)c(C(=O)OCC)c1N. The molecule has 1 aromatic heterocycles. The van der Waals surface area contributed by atoms with E-state index in [2.05, 4.69) is 10.4 Å². The molecule has 0 saturated carbocycles. The lowest BCUT2D eigenvalue weighted by atomic mass is 10.2. The predicted molar refractivity (Wildman–Crippen MR) is 98.0 cm³/mol. The van der Waals surface area contributed by atoms with Crippen molar-refractivity contribution in [1.82, 2.24) is 9.78 Å². The van der Waals surface area contributed by atoms with Crippen molar-refractivity contribution >= 4 is 23.3 Å². The Morgan fingerprint density at radius 3 is 2.64 bits per heavy atom. The Kier molecular flexibility index (Phi) is 6.41.